The average Bonchev–Trinajstić information content (AvgIpc) is 3.08. The maximum atomic E-state index is 12.1. The third kappa shape index (κ3) is 4.73. The fourth-order valence-electron chi connectivity index (χ4n) is 2.30. The quantitative estimate of drug-likeness (QED) is 0.626. The molecule has 3 rings (SSSR count). The highest BCUT2D eigenvalue weighted by Gasteiger charge is 2.12. The van der Waals surface area contributed by atoms with Crippen molar-refractivity contribution in [3.05, 3.63) is 48.0 Å². The molecule has 0 unspecified atom stereocenters. The Labute approximate surface area is 159 Å². The van der Waals surface area contributed by atoms with Crippen LogP contribution in [0.5, 0.6) is 11.5 Å². The highest BCUT2D eigenvalue weighted by molar-refractivity contribution is 7.22. The molecule has 1 N–H and O–H groups in total. The summed E-state index contributed by atoms with van der Waals surface area (Å²) in [6, 6.07) is 12.0. The van der Waals surface area contributed by atoms with Crippen molar-refractivity contribution in [3.8, 4) is 11.5 Å². The lowest BCUT2D eigenvalue weighted by atomic mass is 10.2. The molecule has 0 saturated heterocycles. The van der Waals surface area contributed by atoms with Gasteiger partial charge >= 0.3 is 5.97 Å². The van der Waals surface area contributed by atoms with Crippen LogP contribution in [-0.4, -0.2) is 37.2 Å². The SMILES string of the molecule is CCOC(=O)c1ccc2nc(NC(=O)COc3ccc(OC)cc3)sc2c1. The summed E-state index contributed by atoms with van der Waals surface area (Å²) in [5.41, 5.74) is 1.15. The topological polar surface area (TPSA) is 86.8 Å². The number of aromatic nitrogens is 1. The first-order chi connectivity index (χ1) is 13.1. The van der Waals surface area contributed by atoms with E-state index in [4.69, 9.17) is 14.2 Å². The first-order valence-electron chi connectivity index (χ1n) is 8.23. The summed E-state index contributed by atoms with van der Waals surface area (Å²) in [7, 11) is 1.58. The van der Waals surface area contributed by atoms with Gasteiger partial charge in [0.25, 0.3) is 5.91 Å². The van der Waals surface area contributed by atoms with E-state index in [2.05, 4.69) is 10.3 Å². The monoisotopic (exact) mass is 386 g/mol. The lowest BCUT2D eigenvalue weighted by Gasteiger charge is -2.06. The molecule has 0 atom stereocenters. The maximum Gasteiger partial charge on any atom is 0.338 e. The minimum atomic E-state index is -0.383. The molecular weight excluding hydrogens is 368 g/mol. The summed E-state index contributed by atoms with van der Waals surface area (Å²) in [6.45, 7) is 1.93. The van der Waals surface area contributed by atoms with Gasteiger partial charge in [0.1, 0.15) is 11.5 Å². The van der Waals surface area contributed by atoms with E-state index in [1.165, 1.54) is 11.3 Å². The largest absolute Gasteiger partial charge is 0.497 e. The number of ether oxygens (including phenoxy) is 3. The predicted octanol–water partition coefficient (Wildman–Crippen LogP) is 3.50. The second kappa shape index (κ2) is 8.50. The Kier molecular flexibility index (Phi) is 5.87. The van der Waals surface area contributed by atoms with Gasteiger partial charge < -0.3 is 14.2 Å². The lowest BCUT2D eigenvalue weighted by Crippen LogP contribution is -2.19. The number of benzene rings is 2. The van der Waals surface area contributed by atoms with Gasteiger partial charge in [-0.1, -0.05) is 11.3 Å². The van der Waals surface area contributed by atoms with E-state index < -0.39 is 0 Å². The molecule has 0 aliphatic rings. The van der Waals surface area contributed by atoms with Gasteiger partial charge in [0.15, 0.2) is 11.7 Å². The number of thiazole rings is 1. The summed E-state index contributed by atoms with van der Waals surface area (Å²) in [5, 5.41) is 3.14. The number of hydrogen-bond acceptors (Lipinski definition) is 7. The van der Waals surface area contributed by atoms with Crippen molar-refractivity contribution < 1.29 is 23.8 Å². The van der Waals surface area contributed by atoms with E-state index in [1.807, 2.05) is 0 Å². The van der Waals surface area contributed by atoms with Gasteiger partial charge in [-0.25, -0.2) is 9.78 Å². The first kappa shape index (κ1) is 18.7. The molecule has 2 aromatic carbocycles. The number of anilines is 1. The van der Waals surface area contributed by atoms with E-state index in [-0.39, 0.29) is 18.5 Å². The molecule has 7 nitrogen and oxygen atoms in total. The van der Waals surface area contributed by atoms with Gasteiger partial charge in [0.2, 0.25) is 0 Å². The minimum Gasteiger partial charge on any atom is -0.497 e. The van der Waals surface area contributed by atoms with Gasteiger partial charge in [-0.15, -0.1) is 0 Å². The van der Waals surface area contributed by atoms with Gasteiger partial charge in [-0.3, -0.25) is 10.1 Å². The van der Waals surface area contributed by atoms with E-state index in [1.54, 1.807) is 56.5 Å². The van der Waals surface area contributed by atoms with Crippen LogP contribution in [0.2, 0.25) is 0 Å². The molecule has 1 heterocycles. The number of esters is 1. The lowest BCUT2D eigenvalue weighted by molar-refractivity contribution is -0.118. The number of hydrogen-bond donors (Lipinski definition) is 1. The van der Waals surface area contributed by atoms with Crippen LogP contribution < -0.4 is 14.8 Å². The summed E-state index contributed by atoms with van der Waals surface area (Å²) >= 11 is 1.28. The molecule has 0 radical (unpaired) electrons. The van der Waals surface area contributed by atoms with Crippen molar-refractivity contribution in [2.24, 2.45) is 0 Å². The van der Waals surface area contributed by atoms with Gasteiger partial charge in [0.05, 0.1) is 29.5 Å². The molecule has 3 aromatic rings. The Morgan fingerprint density at radius 2 is 1.85 bits per heavy atom. The molecule has 8 heteroatoms. The number of carbonyl (C=O) groups is 2. The average molecular weight is 386 g/mol. The second-order valence-electron chi connectivity index (χ2n) is 5.43. The van der Waals surface area contributed by atoms with Crippen LogP contribution >= 0.6 is 11.3 Å². The third-order valence-electron chi connectivity index (χ3n) is 3.58. The predicted molar refractivity (Wildman–Crippen MR) is 103 cm³/mol. The van der Waals surface area contributed by atoms with Crippen LogP contribution in [0.3, 0.4) is 0 Å². The maximum absolute atomic E-state index is 12.1. The Hall–Kier alpha value is -3.13. The number of rotatable bonds is 7. The highest BCUT2D eigenvalue weighted by atomic mass is 32.1. The number of nitrogens with one attached hydrogen (secondary N) is 1. The number of fused-ring (bicyclic) bond motifs is 1. The second-order valence-corrected chi connectivity index (χ2v) is 6.47. The van der Waals surface area contributed by atoms with Gasteiger partial charge in [0, 0.05) is 0 Å². The Morgan fingerprint density at radius 3 is 2.56 bits per heavy atom. The third-order valence-corrected chi connectivity index (χ3v) is 4.51. The van der Waals surface area contributed by atoms with Crippen LogP contribution in [0.15, 0.2) is 42.5 Å². The van der Waals surface area contributed by atoms with Gasteiger partial charge in [-0.2, -0.15) is 0 Å². The number of methoxy groups -OCH3 is 1. The first-order valence-corrected chi connectivity index (χ1v) is 9.05. The van der Waals surface area contributed by atoms with Crippen molar-refractivity contribution in [2.75, 3.05) is 25.6 Å². The molecule has 0 aliphatic carbocycles. The van der Waals surface area contributed by atoms with E-state index in [0.717, 1.165) is 4.70 Å². The van der Waals surface area contributed by atoms with Crippen molar-refractivity contribution in [3.63, 3.8) is 0 Å². The molecule has 1 amide bonds. The van der Waals surface area contributed by atoms with Crippen LogP contribution in [0.1, 0.15) is 17.3 Å². The smallest absolute Gasteiger partial charge is 0.338 e. The van der Waals surface area contributed by atoms with Crippen LogP contribution in [0.25, 0.3) is 10.2 Å². The Bertz CT molecular complexity index is 952. The van der Waals surface area contributed by atoms with Crippen LogP contribution in [0, 0.1) is 0 Å². The number of carbonyl (C=O) groups excluding carboxylic acids is 2. The van der Waals surface area contributed by atoms with E-state index in [9.17, 15) is 9.59 Å². The standard InChI is InChI=1S/C19H18N2O5S/c1-3-25-18(23)12-4-9-15-16(10-12)27-19(20-15)21-17(22)11-26-14-7-5-13(24-2)6-8-14/h4-10H,3,11H2,1-2H3,(H,20,21,22). The van der Waals surface area contributed by atoms with Crippen molar-refractivity contribution in [1.82, 2.24) is 4.98 Å². The Balaban J connectivity index is 1.61. The van der Waals surface area contributed by atoms with Crippen molar-refractivity contribution in [1.29, 1.82) is 0 Å². The summed E-state index contributed by atoms with van der Waals surface area (Å²) in [5.74, 6) is 0.569. The fourth-order valence-corrected chi connectivity index (χ4v) is 3.22. The minimum absolute atomic E-state index is 0.143. The molecule has 0 aliphatic heterocycles. The molecule has 1 aromatic heterocycles. The molecular formula is C19H18N2O5S. The van der Waals surface area contributed by atoms with E-state index in [0.29, 0.717) is 34.3 Å². The zero-order chi connectivity index (χ0) is 19.2. The Morgan fingerprint density at radius 1 is 1.11 bits per heavy atom. The van der Waals surface area contributed by atoms with E-state index >= 15 is 0 Å². The summed E-state index contributed by atoms with van der Waals surface area (Å²) in [4.78, 5) is 28.2. The normalized spacial score (nSPS) is 10.4. The fraction of sp³-hybridized carbons (Fsp3) is 0.211. The van der Waals surface area contributed by atoms with Crippen LogP contribution in [-0.2, 0) is 9.53 Å². The van der Waals surface area contributed by atoms with Crippen molar-refractivity contribution >= 4 is 38.6 Å². The molecule has 0 spiro atoms. The molecule has 0 bridgehead atoms. The van der Waals surface area contributed by atoms with Crippen molar-refractivity contribution in [2.45, 2.75) is 6.92 Å². The van der Waals surface area contributed by atoms with Gasteiger partial charge in [-0.05, 0) is 49.4 Å². The number of nitrogens with zero attached hydrogens (tertiary/aromatic N) is 1. The molecule has 27 heavy (non-hydrogen) atoms. The van der Waals surface area contributed by atoms with Crippen LogP contribution in [0.4, 0.5) is 5.13 Å². The number of amides is 1. The highest BCUT2D eigenvalue weighted by Crippen LogP contribution is 2.27. The summed E-state index contributed by atoms with van der Waals surface area (Å²) < 4.78 is 16.3. The summed E-state index contributed by atoms with van der Waals surface area (Å²) in [6.07, 6.45) is 0. The zero-order valence-electron chi connectivity index (χ0n) is 14.9. The molecule has 140 valence electrons. The molecule has 0 saturated carbocycles. The molecule has 0 fully saturated rings. The zero-order valence-corrected chi connectivity index (χ0v) is 15.7.